The Morgan fingerprint density at radius 2 is 1.12 bits per heavy atom. The van der Waals surface area contributed by atoms with Gasteiger partial charge in [0.25, 0.3) is 0 Å². The van der Waals surface area contributed by atoms with Crippen molar-refractivity contribution in [2.45, 2.75) is 84.0 Å². The molecule has 1 radical (unpaired) electrons. The summed E-state index contributed by atoms with van der Waals surface area (Å²) >= 11 is 0. The third kappa shape index (κ3) is 15.5. The SMILES string of the molecule is [CH]=CCCCCCCCCC=CCCCCC. The van der Waals surface area contributed by atoms with E-state index in [-0.39, 0.29) is 0 Å². The molecular weight excluding hydrogens is 204 g/mol. The summed E-state index contributed by atoms with van der Waals surface area (Å²) in [4.78, 5) is 0. The van der Waals surface area contributed by atoms with Gasteiger partial charge in [-0.1, -0.05) is 70.3 Å². The van der Waals surface area contributed by atoms with Crippen LogP contribution in [-0.4, -0.2) is 0 Å². The zero-order valence-corrected chi connectivity index (χ0v) is 11.8. The van der Waals surface area contributed by atoms with Crippen molar-refractivity contribution in [2.75, 3.05) is 0 Å². The van der Waals surface area contributed by atoms with Gasteiger partial charge in [0, 0.05) is 0 Å². The highest BCUT2D eigenvalue weighted by Crippen LogP contribution is 2.09. The summed E-state index contributed by atoms with van der Waals surface area (Å²) in [7, 11) is 0. The molecule has 0 aliphatic rings. The van der Waals surface area contributed by atoms with E-state index >= 15 is 0 Å². The number of hydrogen-bond acceptors (Lipinski definition) is 0. The van der Waals surface area contributed by atoms with Crippen LogP contribution in [0.4, 0.5) is 0 Å². The summed E-state index contributed by atoms with van der Waals surface area (Å²) in [5.41, 5.74) is 0. The van der Waals surface area contributed by atoms with Crippen LogP contribution in [0.3, 0.4) is 0 Å². The van der Waals surface area contributed by atoms with E-state index in [0.29, 0.717) is 0 Å². The molecule has 0 aromatic rings. The lowest BCUT2D eigenvalue weighted by Gasteiger charge is -1.99. The van der Waals surface area contributed by atoms with Gasteiger partial charge in [-0.25, -0.2) is 0 Å². The zero-order valence-electron chi connectivity index (χ0n) is 11.8. The third-order valence-corrected chi connectivity index (χ3v) is 3.13. The van der Waals surface area contributed by atoms with E-state index in [1.807, 2.05) is 0 Å². The molecule has 0 saturated carbocycles. The molecule has 0 unspecified atom stereocenters. The Labute approximate surface area is 109 Å². The third-order valence-electron chi connectivity index (χ3n) is 3.13. The van der Waals surface area contributed by atoms with E-state index in [4.69, 9.17) is 6.58 Å². The minimum absolute atomic E-state index is 1.08. The Morgan fingerprint density at radius 3 is 1.65 bits per heavy atom. The fourth-order valence-electron chi connectivity index (χ4n) is 1.98. The summed E-state index contributed by atoms with van der Waals surface area (Å²) in [6, 6.07) is 0. The number of hydrogen-bond donors (Lipinski definition) is 0. The zero-order chi connectivity index (χ0) is 12.6. The van der Waals surface area contributed by atoms with Gasteiger partial charge >= 0.3 is 0 Å². The molecule has 0 heteroatoms. The highest BCUT2D eigenvalue weighted by molar-refractivity contribution is 4.81. The Hall–Kier alpha value is -0.520. The Bertz CT molecular complexity index is 167. The molecule has 0 nitrogen and oxygen atoms in total. The number of unbranched alkanes of at least 4 members (excludes halogenated alkanes) is 10. The van der Waals surface area contributed by atoms with E-state index < -0.39 is 0 Å². The quantitative estimate of drug-likeness (QED) is 0.262. The van der Waals surface area contributed by atoms with Crippen LogP contribution in [0.1, 0.15) is 84.0 Å². The standard InChI is InChI=1S/C17H31/c1-3-5-7-9-11-13-15-17-16-14-12-10-8-6-4-2/h1,3,12,14H,4-11,13,15-17H2,2H3. The van der Waals surface area contributed by atoms with Gasteiger partial charge in [0.2, 0.25) is 0 Å². The summed E-state index contributed by atoms with van der Waals surface area (Å²) < 4.78 is 0. The first-order valence-corrected chi connectivity index (χ1v) is 7.60. The van der Waals surface area contributed by atoms with Crippen molar-refractivity contribution in [1.82, 2.24) is 0 Å². The largest absolute Gasteiger partial charge is 0.0885 e. The van der Waals surface area contributed by atoms with Gasteiger partial charge in [-0.2, -0.15) is 0 Å². The summed E-state index contributed by atoms with van der Waals surface area (Å²) in [6.07, 6.45) is 22.4. The highest BCUT2D eigenvalue weighted by Gasteiger charge is 1.89. The van der Waals surface area contributed by atoms with Gasteiger partial charge < -0.3 is 0 Å². The molecule has 0 spiro atoms. The first-order chi connectivity index (χ1) is 8.41. The Morgan fingerprint density at radius 1 is 0.647 bits per heavy atom. The average Bonchev–Trinajstić information content (AvgIpc) is 2.35. The van der Waals surface area contributed by atoms with Crippen molar-refractivity contribution in [2.24, 2.45) is 0 Å². The molecule has 0 saturated heterocycles. The van der Waals surface area contributed by atoms with Gasteiger partial charge in [-0.15, -0.1) is 0 Å². The Balaban J connectivity index is 2.99. The first kappa shape index (κ1) is 16.5. The molecule has 99 valence electrons. The topological polar surface area (TPSA) is 0 Å². The van der Waals surface area contributed by atoms with Crippen LogP contribution in [0.5, 0.6) is 0 Å². The molecule has 0 aliphatic heterocycles. The van der Waals surface area contributed by atoms with E-state index in [2.05, 4.69) is 19.1 Å². The molecule has 0 bridgehead atoms. The monoisotopic (exact) mass is 235 g/mol. The molecule has 0 heterocycles. The molecule has 0 amide bonds. The molecule has 0 aliphatic carbocycles. The molecular formula is C17H31. The molecule has 0 aromatic heterocycles. The minimum atomic E-state index is 1.08. The van der Waals surface area contributed by atoms with Gasteiger partial charge in [0.1, 0.15) is 0 Å². The van der Waals surface area contributed by atoms with Crippen LogP contribution < -0.4 is 0 Å². The van der Waals surface area contributed by atoms with Gasteiger partial charge in [-0.05, 0) is 38.5 Å². The lowest BCUT2D eigenvalue weighted by Crippen LogP contribution is -1.79. The van der Waals surface area contributed by atoms with Crippen LogP contribution >= 0.6 is 0 Å². The van der Waals surface area contributed by atoms with Crippen LogP contribution in [0.15, 0.2) is 18.2 Å². The first-order valence-electron chi connectivity index (χ1n) is 7.60. The second kappa shape index (κ2) is 15.5. The molecule has 0 atom stereocenters. The molecule has 17 heavy (non-hydrogen) atoms. The van der Waals surface area contributed by atoms with Crippen LogP contribution in [0.2, 0.25) is 0 Å². The second-order valence-corrected chi connectivity index (χ2v) is 4.90. The molecule has 0 rings (SSSR count). The molecule has 0 fully saturated rings. The summed E-state index contributed by atoms with van der Waals surface area (Å²) in [5.74, 6) is 0. The normalized spacial score (nSPS) is 11.1. The maximum atomic E-state index is 5.34. The van der Waals surface area contributed by atoms with E-state index in [1.165, 1.54) is 70.6 Å². The summed E-state index contributed by atoms with van der Waals surface area (Å²) in [5, 5.41) is 0. The lowest BCUT2D eigenvalue weighted by molar-refractivity contribution is 0.599. The maximum Gasteiger partial charge on any atom is -0.0348 e. The maximum absolute atomic E-state index is 5.34. The highest BCUT2D eigenvalue weighted by atomic mass is 14.0. The van der Waals surface area contributed by atoms with Crippen LogP contribution in [0, 0.1) is 6.58 Å². The van der Waals surface area contributed by atoms with Gasteiger partial charge in [0.15, 0.2) is 0 Å². The van der Waals surface area contributed by atoms with Crippen molar-refractivity contribution in [3.63, 3.8) is 0 Å². The summed E-state index contributed by atoms with van der Waals surface area (Å²) in [6.45, 7) is 7.59. The van der Waals surface area contributed by atoms with Crippen molar-refractivity contribution in [1.29, 1.82) is 0 Å². The number of allylic oxidation sites excluding steroid dienone is 3. The average molecular weight is 235 g/mol. The van der Waals surface area contributed by atoms with Crippen molar-refractivity contribution >= 4 is 0 Å². The van der Waals surface area contributed by atoms with Crippen molar-refractivity contribution in [3.8, 4) is 0 Å². The fraction of sp³-hybridized carbons (Fsp3) is 0.765. The van der Waals surface area contributed by atoms with Gasteiger partial charge in [0.05, 0.1) is 0 Å². The lowest BCUT2D eigenvalue weighted by atomic mass is 10.1. The fourth-order valence-corrected chi connectivity index (χ4v) is 1.98. The van der Waals surface area contributed by atoms with Crippen LogP contribution in [-0.2, 0) is 0 Å². The Kier molecular flexibility index (Phi) is 15.0. The van der Waals surface area contributed by atoms with Gasteiger partial charge in [-0.3, -0.25) is 0 Å². The minimum Gasteiger partial charge on any atom is -0.0885 e. The van der Waals surface area contributed by atoms with Crippen LogP contribution in [0.25, 0.3) is 0 Å². The van der Waals surface area contributed by atoms with Crippen molar-refractivity contribution in [3.05, 3.63) is 24.8 Å². The second-order valence-electron chi connectivity index (χ2n) is 4.90. The predicted octanol–water partition coefficient (Wildman–Crippen LogP) is 6.23. The predicted molar refractivity (Wildman–Crippen MR) is 79.1 cm³/mol. The molecule has 0 aromatic carbocycles. The van der Waals surface area contributed by atoms with E-state index in [0.717, 1.165) is 6.42 Å². The van der Waals surface area contributed by atoms with Crippen molar-refractivity contribution < 1.29 is 0 Å². The number of rotatable bonds is 13. The van der Waals surface area contributed by atoms with E-state index in [1.54, 1.807) is 6.08 Å². The van der Waals surface area contributed by atoms with E-state index in [9.17, 15) is 0 Å². The molecule has 0 N–H and O–H groups in total. The smallest absolute Gasteiger partial charge is 0.0348 e.